The maximum Gasteiger partial charge on any atom is 0.324 e. The van der Waals surface area contributed by atoms with E-state index in [-0.39, 0.29) is 18.4 Å². The summed E-state index contributed by atoms with van der Waals surface area (Å²) in [4.78, 5) is 40.8. The third kappa shape index (κ3) is 4.41. The summed E-state index contributed by atoms with van der Waals surface area (Å²) < 4.78 is 2.04. The van der Waals surface area contributed by atoms with Crippen molar-refractivity contribution >= 4 is 34.9 Å². The van der Waals surface area contributed by atoms with Gasteiger partial charge < -0.3 is 25.1 Å². The molecule has 28 heavy (non-hydrogen) atoms. The van der Waals surface area contributed by atoms with E-state index < -0.39 is 12.0 Å². The number of hydrogen-bond acceptors (Lipinski definition) is 5. The van der Waals surface area contributed by atoms with Gasteiger partial charge in [-0.25, -0.2) is 9.78 Å². The molecular formula is C19H24N5O4-. The zero-order chi connectivity index (χ0) is 20.1. The Balaban J connectivity index is 1.37. The van der Waals surface area contributed by atoms with Gasteiger partial charge in [0.15, 0.2) is 0 Å². The van der Waals surface area contributed by atoms with E-state index in [2.05, 4.69) is 15.6 Å². The van der Waals surface area contributed by atoms with Crippen molar-refractivity contribution in [3.63, 3.8) is 0 Å². The van der Waals surface area contributed by atoms with Crippen molar-refractivity contribution in [1.29, 1.82) is 0 Å². The summed E-state index contributed by atoms with van der Waals surface area (Å²) in [5.74, 6) is -0.944. The lowest BCUT2D eigenvalue weighted by atomic mass is 10.2. The predicted molar refractivity (Wildman–Crippen MR) is 102 cm³/mol. The highest BCUT2D eigenvalue weighted by atomic mass is 16.4. The number of carboxylic acids is 1. The highest BCUT2D eigenvalue weighted by Crippen LogP contribution is 2.26. The molecule has 1 aromatic heterocycles. The summed E-state index contributed by atoms with van der Waals surface area (Å²) in [6, 6.07) is 6.65. The van der Waals surface area contributed by atoms with E-state index in [0.717, 1.165) is 30.4 Å². The van der Waals surface area contributed by atoms with Crippen molar-refractivity contribution in [2.45, 2.75) is 45.2 Å². The van der Waals surface area contributed by atoms with Gasteiger partial charge in [0.1, 0.15) is 0 Å². The Kier molecular flexibility index (Phi) is 6.13. The Hall–Kier alpha value is -3.10. The van der Waals surface area contributed by atoms with Crippen molar-refractivity contribution in [2.24, 2.45) is 0 Å². The first-order valence-corrected chi connectivity index (χ1v) is 9.48. The minimum atomic E-state index is -1.30. The fraction of sp³-hybridized carbons (Fsp3) is 0.474. The molecule has 1 aliphatic heterocycles. The van der Waals surface area contributed by atoms with Crippen molar-refractivity contribution in [1.82, 2.24) is 20.2 Å². The van der Waals surface area contributed by atoms with Gasteiger partial charge in [0.05, 0.1) is 23.0 Å². The first kappa shape index (κ1) is 19.7. The summed E-state index contributed by atoms with van der Waals surface area (Å²) in [7, 11) is 0. The van der Waals surface area contributed by atoms with Crippen molar-refractivity contribution in [3.8, 4) is 0 Å². The number of carbonyl (C=O) groups is 3. The number of nitrogens with one attached hydrogen (secondary N) is 2. The molecule has 0 fully saturated rings. The van der Waals surface area contributed by atoms with Gasteiger partial charge in [-0.3, -0.25) is 9.69 Å². The Labute approximate surface area is 162 Å². The number of carbonyl (C=O) groups excluding carboxylic acids is 3. The van der Waals surface area contributed by atoms with Gasteiger partial charge in [-0.2, -0.15) is 0 Å². The molecule has 0 aliphatic carbocycles. The van der Waals surface area contributed by atoms with Crippen LogP contribution in [0.1, 0.15) is 32.6 Å². The predicted octanol–water partition coefficient (Wildman–Crippen LogP) is 0.381. The number of nitrogens with zero attached hydrogens (tertiary/aromatic N) is 3. The second-order valence-electron chi connectivity index (χ2n) is 6.85. The van der Waals surface area contributed by atoms with Crippen LogP contribution in [0.2, 0.25) is 0 Å². The van der Waals surface area contributed by atoms with E-state index in [1.807, 2.05) is 28.8 Å². The van der Waals surface area contributed by atoms with E-state index in [9.17, 15) is 19.5 Å². The lowest BCUT2D eigenvalue weighted by Crippen LogP contribution is -2.45. The minimum Gasteiger partial charge on any atom is -0.548 e. The van der Waals surface area contributed by atoms with Gasteiger partial charge in [-0.05, 0) is 31.9 Å². The van der Waals surface area contributed by atoms with Crippen LogP contribution in [0.4, 0.5) is 10.7 Å². The summed E-state index contributed by atoms with van der Waals surface area (Å²) in [5.41, 5.74) is 1.90. The Bertz CT molecular complexity index is 878. The lowest BCUT2D eigenvalue weighted by Gasteiger charge is -2.15. The van der Waals surface area contributed by atoms with Crippen LogP contribution in [0, 0.1) is 0 Å². The number of urea groups is 1. The second kappa shape index (κ2) is 8.73. The number of aliphatic carboxylic acids is 1. The Morgan fingerprint density at radius 1 is 1.18 bits per heavy atom. The number of carboxylic acid groups (broad SMARTS) is 1. The van der Waals surface area contributed by atoms with Crippen LogP contribution in [-0.2, 0) is 16.1 Å². The minimum absolute atomic E-state index is 0.172. The Morgan fingerprint density at radius 3 is 2.75 bits per heavy atom. The maximum atomic E-state index is 12.4. The molecule has 2 heterocycles. The number of fused-ring (bicyclic) bond motifs is 3. The van der Waals surface area contributed by atoms with Crippen LogP contribution in [0.3, 0.4) is 0 Å². The number of hydrogen-bond donors (Lipinski definition) is 2. The average Bonchev–Trinajstić information content (AvgIpc) is 3.23. The first-order chi connectivity index (χ1) is 13.5. The topological polar surface area (TPSA) is 119 Å². The summed E-state index contributed by atoms with van der Waals surface area (Å²) >= 11 is 0. The van der Waals surface area contributed by atoms with Crippen molar-refractivity contribution < 1.29 is 19.5 Å². The highest BCUT2D eigenvalue weighted by Gasteiger charge is 2.27. The molecule has 0 saturated heterocycles. The van der Waals surface area contributed by atoms with E-state index in [4.69, 9.17) is 0 Å². The van der Waals surface area contributed by atoms with Crippen LogP contribution in [0.25, 0.3) is 11.0 Å². The zero-order valence-electron chi connectivity index (χ0n) is 15.8. The van der Waals surface area contributed by atoms with E-state index in [0.29, 0.717) is 25.5 Å². The number of para-hydroxylation sites is 2. The van der Waals surface area contributed by atoms with Crippen LogP contribution < -0.4 is 20.6 Å². The molecule has 2 aromatic rings. The number of imidazole rings is 1. The van der Waals surface area contributed by atoms with Gasteiger partial charge in [-0.15, -0.1) is 0 Å². The molecule has 9 nitrogen and oxygen atoms in total. The fourth-order valence-electron chi connectivity index (χ4n) is 3.23. The number of anilines is 1. The van der Waals surface area contributed by atoms with Crippen LogP contribution in [-0.4, -0.2) is 46.6 Å². The quantitative estimate of drug-likeness (QED) is 0.636. The SMILES string of the molecule is C[C@H](NC(=O)CCCCCNC(=O)N1CCn2c1nc1ccccc12)C(=O)[O-]. The fourth-order valence-corrected chi connectivity index (χ4v) is 3.23. The summed E-state index contributed by atoms with van der Waals surface area (Å²) in [6.45, 7) is 3.19. The lowest BCUT2D eigenvalue weighted by molar-refractivity contribution is -0.307. The van der Waals surface area contributed by atoms with Crippen molar-refractivity contribution in [3.05, 3.63) is 24.3 Å². The summed E-state index contributed by atoms with van der Waals surface area (Å²) in [5, 5.41) is 15.8. The van der Waals surface area contributed by atoms with Gasteiger partial charge in [0, 0.05) is 26.1 Å². The average molecular weight is 386 g/mol. The molecule has 9 heteroatoms. The van der Waals surface area contributed by atoms with E-state index in [1.165, 1.54) is 6.92 Å². The maximum absolute atomic E-state index is 12.4. The molecule has 1 atom stereocenters. The second-order valence-corrected chi connectivity index (χ2v) is 6.85. The molecule has 2 N–H and O–H groups in total. The largest absolute Gasteiger partial charge is 0.548 e. The van der Waals surface area contributed by atoms with Crippen LogP contribution in [0.15, 0.2) is 24.3 Å². The third-order valence-electron chi connectivity index (χ3n) is 4.76. The van der Waals surface area contributed by atoms with E-state index in [1.54, 1.807) is 4.90 Å². The van der Waals surface area contributed by atoms with Crippen LogP contribution >= 0.6 is 0 Å². The molecule has 0 spiro atoms. The van der Waals surface area contributed by atoms with Crippen LogP contribution in [0.5, 0.6) is 0 Å². The number of unbranched alkanes of at least 4 members (excludes halogenated alkanes) is 2. The molecule has 3 rings (SSSR count). The van der Waals surface area contributed by atoms with Gasteiger partial charge in [-0.1, -0.05) is 18.6 Å². The number of benzene rings is 1. The van der Waals surface area contributed by atoms with E-state index >= 15 is 0 Å². The first-order valence-electron chi connectivity index (χ1n) is 9.48. The molecule has 0 saturated carbocycles. The molecule has 3 amide bonds. The zero-order valence-corrected chi connectivity index (χ0v) is 15.8. The summed E-state index contributed by atoms with van der Waals surface area (Å²) in [6.07, 6.45) is 2.37. The number of rotatable bonds is 8. The monoisotopic (exact) mass is 386 g/mol. The van der Waals surface area contributed by atoms with Crippen molar-refractivity contribution in [2.75, 3.05) is 18.0 Å². The molecule has 1 aliphatic rings. The molecular weight excluding hydrogens is 362 g/mol. The molecule has 0 bridgehead atoms. The molecule has 0 unspecified atom stereocenters. The van der Waals surface area contributed by atoms with Gasteiger partial charge in [0.25, 0.3) is 0 Å². The highest BCUT2D eigenvalue weighted by molar-refractivity contribution is 5.93. The Morgan fingerprint density at radius 2 is 1.96 bits per heavy atom. The normalized spacial score (nSPS) is 14.0. The smallest absolute Gasteiger partial charge is 0.324 e. The molecule has 0 radical (unpaired) electrons. The molecule has 1 aromatic carbocycles. The van der Waals surface area contributed by atoms with Gasteiger partial charge in [0.2, 0.25) is 11.9 Å². The molecule has 150 valence electrons. The van der Waals surface area contributed by atoms with Gasteiger partial charge >= 0.3 is 6.03 Å². The standard InChI is InChI=1S/C19H25N5O4/c1-13(17(26)27)21-16(25)9-3-2-6-10-20-19(28)24-12-11-23-15-8-5-4-7-14(15)22-18(23)24/h4-5,7-8,13H,2-3,6,9-12H2,1H3,(H,20,28)(H,21,25)(H,26,27)/p-1/t13-/m0/s1. The number of amides is 3. The number of aromatic nitrogens is 2. The third-order valence-corrected chi connectivity index (χ3v) is 4.76.